The molecule has 0 aliphatic heterocycles. The lowest BCUT2D eigenvalue weighted by molar-refractivity contribution is -0.290. The Hall–Kier alpha value is -9.88. The third-order valence-electron chi connectivity index (χ3n) is 14.0. The molecule has 5 aromatic rings. The molecule has 0 bridgehead atoms. The number of carbonyl (C=O) groups is 10. The van der Waals surface area contributed by atoms with Crippen LogP contribution in [-0.4, -0.2) is 138 Å². The molecule has 32 heteroatoms. The average Bonchev–Trinajstić information content (AvgIpc) is 0.893. The monoisotopic (exact) mass is 1270 g/mol. The summed E-state index contributed by atoms with van der Waals surface area (Å²) >= 11 is 0. The van der Waals surface area contributed by atoms with Crippen molar-refractivity contribution in [1.29, 1.82) is 0 Å². The molecular weight excluding hydrogens is 1230 g/mol. The number of hydrogen-bond acceptors (Lipinski definition) is 14. The van der Waals surface area contributed by atoms with Crippen LogP contribution in [0.2, 0.25) is 0 Å². The second-order valence-electron chi connectivity index (χ2n) is 19.2. The van der Waals surface area contributed by atoms with E-state index in [1.165, 1.54) is 34.8 Å². The number of rotatable bonds is 22. The number of anilines is 2. The summed E-state index contributed by atoms with van der Waals surface area (Å²) in [5, 5.41) is 44.0. The van der Waals surface area contributed by atoms with E-state index >= 15 is 52.7 Å². The van der Waals surface area contributed by atoms with E-state index in [9.17, 15) is 68.4 Å². The average molecular weight is 1270 g/mol. The zero-order valence-electron chi connectivity index (χ0n) is 46.5. The maximum atomic E-state index is 15.6. The highest BCUT2D eigenvalue weighted by Gasteiger charge is 2.74. The summed E-state index contributed by atoms with van der Waals surface area (Å²) in [6, 6.07) is 0.935. The number of aromatic carboxylic acids is 4. The molecule has 89 heavy (non-hydrogen) atoms. The number of ether oxygens (including phenoxy) is 4. The van der Waals surface area contributed by atoms with E-state index in [2.05, 4.69) is 24.8 Å². The number of hydrogen-bond donors (Lipinski definition) is 6. The molecule has 0 aromatic heterocycles. The Morgan fingerprint density at radius 2 is 0.685 bits per heavy atom. The molecule has 6 N–H and O–H groups in total. The Kier molecular flexibility index (Phi) is 20.6. The molecule has 2 amide bonds. The molecule has 0 fully saturated rings. The zero-order chi connectivity index (χ0) is 67.4. The lowest BCUT2D eigenvalue weighted by atomic mass is 9.71. The molecule has 5 rings (SSSR count). The van der Waals surface area contributed by atoms with Crippen molar-refractivity contribution in [3.8, 4) is 0 Å². The molecule has 476 valence electrons. The van der Waals surface area contributed by atoms with Crippen LogP contribution in [0.15, 0.2) is 72.8 Å². The molecular formula is C57H46F12N2O18. The van der Waals surface area contributed by atoms with Gasteiger partial charge in [0, 0.05) is 24.0 Å². The minimum atomic E-state index is -6.57. The quantitative estimate of drug-likeness (QED) is 0.00937. The van der Waals surface area contributed by atoms with Crippen molar-refractivity contribution in [2.75, 3.05) is 44.2 Å². The van der Waals surface area contributed by atoms with Gasteiger partial charge in [0.2, 0.25) is 10.8 Å². The molecule has 0 atom stereocenters. The number of carboxylic acid groups (broad SMARTS) is 4. The lowest BCUT2D eigenvalue weighted by Crippen LogP contribution is -2.55. The van der Waals surface area contributed by atoms with Crippen LogP contribution in [0.1, 0.15) is 141 Å². The first kappa shape index (κ1) is 69.9. The van der Waals surface area contributed by atoms with Gasteiger partial charge < -0.3 is 50.0 Å². The van der Waals surface area contributed by atoms with Gasteiger partial charge in [-0.05, 0) is 128 Å². The van der Waals surface area contributed by atoms with Crippen molar-refractivity contribution in [2.24, 2.45) is 0 Å². The molecule has 0 aliphatic rings. The van der Waals surface area contributed by atoms with Gasteiger partial charge >= 0.3 is 66.5 Å². The predicted octanol–water partition coefficient (Wildman–Crippen LogP) is 10.5. The fourth-order valence-electron chi connectivity index (χ4n) is 9.53. The maximum Gasteiger partial charge on any atom is 0.411 e. The van der Waals surface area contributed by atoms with Crippen LogP contribution in [-0.2, 0) is 39.4 Å². The van der Waals surface area contributed by atoms with E-state index in [4.69, 9.17) is 4.74 Å². The number of nitrogens with one attached hydrogen (secondary N) is 2. The van der Waals surface area contributed by atoms with E-state index < -0.39 is 181 Å². The lowest BCUT2D eigenvalue weighted by Gasteiger charge is -2.38. The molecule has 20 nitrogen and oxygen atoms in total. The molecule has 5 aromatic carbocycles. The van der Waals surface area contributed by atoms with Gasteiger partial charge in [0.15, 0.2) is 5.78 Å². The number of halogens is 12. The molecule has 0 heterocycles. The molecule has 0 saturated heterocycles. The highest BCUT2D eigenvalue weighted by atomic mass is 19.4. The number of alkyl halides is 12. The first-order valence-corrected chi connectivity index (χ1v) is 25.0. The number of ketones is 1. The van der Waals surface area contributed by atoms with Gasteiger partial charge in [-0.3, -0.25) is 24.0 Å². The summed E-state index contributed by atoms with van der Waals surface area (Å²) in [4.78, 5) is 127. The highest BCUT2D eigenvalue weighted by molar-refractivity contribution is 6.14. The van der Waals surface area contributed by atoms with E-state index in [0.29, 0.717) is 13.0 Å². The smallest absolute Gasteiger partial charge is 0.411 e. The van der Waals surface area contributed by atoms with Gasteiger partial charge in [0.25, 0.3) is 11.8 Å². The van der Waals surface area contributed by atoms with Crippen molar-refractivity contribution >= 4 is 70.8 Å². The largest absolute Gasteiger partial charge is 0.478 e. The SMILES string of the molecule is COCCOC(=O)CC(=O)OCCOC(=O)c1cc(C(c2ccc(C(=O)O)c(C(=O)Nc3c(C)c(C)c(NC(=O)c4ccc(C(c5ccc(C(=O)O)c(C(C)=O)c5)(C(F)(F)F)C(F)(F)F)cc4C(=O)O)c(C)c3C)c2)(C(F)(F)F)C(F)(F)F)ccc1C(=O)O. The minimum absolute atomic E-state index is 0.0290. The van der Waals surface area contributed by atoms with Crippen LogP contribution in [0.3, 0.4) is 0 Å². The molecule has 0 unspecified atom stereocenters. The fraction of sp³-hybridized carbons (Fsp3) is 0.298. The van der Waals surface area contributed by atoms with Crippen molar-refractivity contribution in [3.63, 3.8) is 0 Å². The summed E-state index contributed by atoms with van der Waals surface area (Å²) in [5.41, 5.74) is -29.1. The number of methoxy groups -OCH3 is 1. The van der Waals surface area contributed by atoms with Gasteiger partial charge in [-0.25, -0.2) is 24.0 Å². The molecule has 0 saturated carbocycles. The second kappa shape index (κ2) is 26.2. The minimum Gasteiger partial charge on any atom is -0.478 e. The van der Waals surface area contributed by atoms with Gasteiger partial charge in [0.05, 0.1) is 45.6 Å². The second-order valence-corrected chi connectivity index (χ2v) is 19.2. The van der Waals surface area contributed by atoms with Crippen LogP contribution in [0, 0.1) is 27.7 Å². The third kappa shape index (κ3) is 13.6. The Morgan fingerprint density at radius 3 is 1.03 bits per heavy atom. The Labute approximate surface area is 492 Å². The molecule has 0 spiro atoms. The van der Waals surface area contributed by atoms with Crippen molar-refractivity contribution < 1.29 is 140 Å². The molecule has 0 radical (unpaired) electrons. The number of benzene rings is 5. The van der Waals surface area contributed by atoms with Gasteiger partial charge in [0.1, 0.15) is 26.2 Å². The predicted molar refractivity (Wildman–Crippen MR) is 279 cm³/mol. The van der Waals surface area contributed by atoms with Gasteiger partial charge in [-0.2, -0.15) is 52.7 Å². The zero-order valence-corrected chi connectivity index (χ0v) is 46.5. The third-order valence-corrected chi connectivity index (χ3v) is 14.0. The number of carboxylic acids is 4. The van der Waals surface area contributed by atoms with E-state index in [1.807, 2.05) is 0 Å². The van der Waals surface area contributed by atoms with E-state index in [1.54, 1.807) is 0 Å². The van der Waals surface area contributed by atoms with Crippen LogP contribution in [0.25, 0.3) is 0 Å². The maximum absolute atomic E-state index is 15.6. The summed E-state index contributed by atoms with van der Waals surface area (Å²) in [6.07, 6.45) is -27.0. The Morgan fingerprint density at radius 1 is 0.393 bits per heavy atom. The highest BCUT2D eigenvalue weighted by Crippen LogP contribution is 2.58. The van der Waals surface area contributed by atoms with Gasteiger partial charge in [-0.15, -0.1) is 0 Å². The fourth-order valence-corrected chi connectivity index (χ4v) is 9.53. The summed E-state index contributed by atoms with van der Waals surface area (Å²) in [6.45, 7) is 3.24. The number of esters is 3. The van der Waals surface area contributed by atoms with Crippen molar-refractivity contribution in [1.82, 2.24) is 0 Å². The summed E-state index contributed by atoms with van der Waals surface area (Å²) < 4.78 is 204. The summed E-state index contributed by atoms with van der Waals surface area (Å²) in [7, 11) is 1.28. The van der Waals surface area contributed by atoms with Gasteiger partial charge in [-0.1, -0.05) is 24.3 Å². The summed E-state index contributed by atoms with van der Waals surface area (Å²) in [5.74, 6) is -17.0. The van der Waals surface area contributed by atoms with Crippen LogP contribution >= 0.6 is 0 Å². The van der Waals surface area contributed by atoms with E-state index in [-0.39, 0.29) is 114 Å². The first-order valence-electron chi connectivity index (χ1n) is 25.0. The first-order chi connectivity index (χ1) is 41.0. The Bertz CT molecular complexity index is 3680. The normalized spacial score (nSPS) is 12.2. The van der Waals surface area contributed by atoms with Crippen molar-refractivity contribution in [2.45, 2.75) is 76.6 Å². The van der Waals surface area contributed by atoms with Crippen LogP contribution in [0.5, 0.6) is 0 Å². The number of Topliss-reactive ketones (excluding diaryl/α,β-unsaturated/α-hetero) is 1. The van der Waals surface area contributed by atoms with Crippen LogP contribution in [0.4, 0.5) is 64.1 Å². The molecule has 0 aliphatic carbocycles. The van der Waals surface area contributed by atoms with Crippen molar-refractivity contribution in [3.05, 3.63) is 162 Å². The number of amides is 2. The standard InChI is InChI=1S/C57H46F12N2O18/c1-24-26(3)44(27(4)25(2)43(24)70-45(75)33-11-7-31(21-39(33)50(83)84)52(54(58,59)60,55(61,62)63)29-8-12-34(47(77)78)37(19-29)28(5)72)71-46(76)38-20-30(9-13-35(38)48(79)80)53(56(64,65)66,57(67,68)69)32-10-14-36(49(81)82)40(22-32)51(85)89-18-17-88-42(74)23-41(73)87-16-15-86-6/h7-14,19-22H,15-18,23H2,1-6H3,(H,70,75)(H,71,76)(H,77,78)(H,79,80)(H,81,82)(H,83,84). The Balaban J connectivity index is 1.57. The van der Waals surface area contributed by atoms with Crippen LogP contribution < -0.4 is 10.6 Å². The van der Waals surface area contributed by atoms with E-state index in [0.717, 1.165) is 0 Å². The topological polar surface area (TPSA) is 313 Å². The number of carbonyl (C=O) groups excluding carboxylic acids is 6.